The van der Waals surface area contributed by atoms with Gasteiger partial charge in [0, 0.05) is 6.04 Å². The lowest BCUT2D eigenvalue weighted by atomic mass is 9.97. The second-order valence-corrected chi connectivity index (χ2v) is 5.80. The highest BCUT2D eigenvalue weighted by Crippen LogP contribution is 2.20. The van der Waals surface area contributed by atoms with Gasteiger partial charge in [-0.1, -0.05) is 20.8 Å². The fourth-order valence-electron chi connectivity index (χ4n) is 2.14. The molecule has 0 aromatic heterocycles. The summed E-state index contributed by atoms with van der Waals surface area (Å²) >= 11 is 0. The molecule has 1 fully saturated rings. The van der Waals surface area contributed by atoms with Crippen molar-refractivity contribution in [3.63, 3.8) is 0 Å². The van der Waals surface area contributed by atoms with Crippen LogP contribution in [0.25, 0.3) is 0 Å². The summed E-state index contributed by atoms with van der Waals surface area (Å²) < 4.78 is 36.7. The summed E-state index contributed by atoms with van der Waals surface area (Å²) in [5.74, 6) is 1.25. The van der Waals surface area contributed by atoms with Crippen molar-refractivity contribution in [2.75, 3.05) is 26.2 Å². The zero-order valence-corrected chi connectivity index (χ0v) is 11.6. The van der Waals surface area contributed by atoms with E-state index in [9.17, 15) is 13.2 Å². The normalized spacial score (nSPS) is 21.5. The van der Waals surface area contributed by atoms with Crippen LogP contribution in [0.15, 0.2) is 0 Å². The summed E-state index contributed by atoms with van der Waals surface area (Å²) in [5, 5.41) is 3.48. The molecule has 18 heavy (non-hydrogen) atoms. The van der Waals surface area contributed by atoms with Gasteiger partial charge in [-0.25, -0.2) is 0 Å². The van der Waals surface area contributed by atoms with Crippen LogP contribution in [-0.4, -0.2) is 43.3 Å². The molecular formula is C13H25F3N2. The number of nitrogens with one attached hydrogen (secondary N) is 1. The van der Waals surface area contributed by atoms with Crippen LogP contribution in [0.5, 0.6) is 0 Å². The minimum absolute atomic E-state index is 0.385. The zero-order chi connectivity index (χ0) is 13.8. The van der Waals surface area contributed by atoms with E-state index >= 15 is 0 Å². The van der Waals surface area contributed by atoms with E-state index in [-0.39, 0.29) is 0 Å². The number of alkyl halides is 3. The van der Waals surface area contributed by atoms with E-state index in [1.807, 2.05) is 0 Å². The van der Waals surface area contributed by atoms with E-state index in [0.717, 1.165) is 19.4 Å². The maximum Gasteiger partial charge on any atom is 0.401 e. The molecule has 108 valence electrons. The van der Waals surface area contributed by atoms with Gasteiger partial charge in [-0.2, -0.15) is 13.2 Å². The van der Waals surface area contributed by atoms with Crippen LogP contribution in [0.4, 0.5) is 13.2 Å². The summed E-state index contributed by atoms with van der Waals surface area (Å²) in [7, 11) is 0. The van der Waals surface area contributed by atoms with Crippen LogP contribution in [0, 0.1) is 11.8 Å². The number of nitrogens with zero attached hydrogens (tertiary/aromatic N) is 1. The first kappa shape index (κ1) is 15.8. The van der Waals surface area contributed by atoms with Crippen molar-refractivity contribution in [3.05, 3.63) is 0 Å². The van der Waals surface area contributed by atoms with Gasteiger partial charge in [0.05, 0.1) is 6.54 Å². The van der Waals surface area contributed by atoms with Gasteiger partial charge in [-0.15, -0.1) is 0 Å². The number of hydrogen-bond donors (Lipinski definition) is 1. The Balaban J connectivity index is 2.19. The molecule has 5 heteroatoms. The molecule has 0 aromatic carbocycles. The van der Waals surface area contributed by atoms with Gasteiger partial charge in [-0.05, 0) is 44.3 Å². The first-order chi connectivity index (χ1) is 8.28. The van der Waals surface area contributed by atoms with Gasteiger partial charge in [0.1, 0.15) is 0 Å². The van der Waals surface area contributed by atoms with Crippen molar-refractivity contribution in [2.45, 2.75) is 45.8 Å². The molecule has 0 bridgehead atoms. The number of likely N-dealkylation sites (tertiary alicyclic amines) is 1. The standard InChI is InChI=1S/C13H25F3N2/c1-10(2)11(3)8-17-12-4-6-18(7-5-12)9-13(14,15)16/h10-12,17H,4-9H2,1-3H3. The third-order valence-corrected chi connectivity index (χ3v) is 3.86. The molecular weight excluding hydrogens is 241 g/mol. The Morgan fingerprint density at radius 3 is 2.17 bits per heavy atom. The van der Waals surface area contributed by atoms with Crippen molar-refractivity contribution in [1.82, 2.24) is 10.2 Å². The topological polar surface area (TPSA) is 15.3 Å². The van der Waals surface area contributed by atoms with Crippen molar-refractivity contribution >= 4 is 0 Å². The number of rotatable bonds is 5. The Morgan fingerprint density at radius 1 is 1.17 bits per heavy atom. The molecule has 1 heterocycles. The molecule has 0 saturated carbocycles. The van der Waals surface area contributed by atoms with Crippen molar-refractivity contribution in [3.8, 4) is 0 Å². The highest BCUT2D eigenvalue weighted by atomic mass is 19.4. The number of halogens is 3. The molecule has 1 saturated heterocycles. The molecule has 1 aliphatic rings. The Labute approximate surface area is 108 Å². The molecule has 0 amide bonds. The molecule has 2 nitrogen and oxygen atoms in total. The SMILES string of the molecule is CC(C)C(C)CNC1CCN(CC(F)(F)F)CC1. The van der Waals surface area contributed by atoms with Gasteiger partial charge in [0.2, 0.25) is 0 Å². The Kier molecular flexibility index (Phi) is 5.92. The van der Waals surface area contributed by atoms with Crippen LogP contribution < -0.4 is 5.32 Å². The fourth-order valence-corrected chi connectivity index (χ4v) is 2.14. The highest BCUT2D eigenvalue weighted by Gasteiger charge is 2.32. The maximum atomic E-state index is 12.2. The number of piperidine rings is 1. The molecule has 1 atom stereocenters. The Morgan fingerprint density at radius 2 is 1.72 bits per heavy atom. The lowest BCUT2D eigenvalue weighted by molar-refractivity contribution is -0.148. The summed E-state index contributed by atoms with van der Waals surface area (Å²) in [5.41, 5.74) is 0. The predicted molar refractivity (Wildman–Crippen MR) is 67.5 cm³/mol. The van der Waals surface area contributed by atoms with Crippen molar-refractivity contribution in [1.29, 1.82) is 0 Å². The van der Waals surface area contributed by atoms with E-state index in [2.05, 4.69) is 26.1 Å². The van der Waals surface area contributed by atoms with Crippen molar-refractivity contribution < 1.29 is 13.2 Å². The van der Waals surface area contributed by atoms with Crippen LogP contribution in [0.2, 0.25) is 0 Å². The Hall–Kier alpha value is -0.290. The molecule has 1 rings (SSSR count). The molecule has 0 aliphatic carbocycles. The smallest absolute Gasteiger partial charge is 0.314 e. The monoisotopic (exact) mass is 266 g/mol. The lowest BCUT2D eigenvalue weighted by Crippen LogP contribution is -2.46. The number of hydrogen-bond acceptors (Lipinski definition) is 2. The van der Waals surface area contributed by atoms with Gasteiger partial charge in [-0.3, -0.25) is 4.90 Å². The van der Waals surface area contributed by atoms with Crippen LogP contribution in [0.3, 0.4) is 0 Å². The van der Waals surface area contributed by atoms with Crippen LogP contribution in [-0.2, 0) is 0 Å². The average Bonchev–Trinajstić information content (AvgIpc) is 2.25. The predicted octanol–water partition coefficient (Wildman–Crippen LogP) is 2.89. The van der Waals surface area contributed by atoms with Crippen molar-refractivity contribution in [2.24, 2.45) is 11.8 Å². The first-order valence-electron chi connectivity index (χ1n) is 6.80. The van der Waals surface area contributed by atoms with Gasteiger partial charge < -0.3 is 5.32 Å². The minimum Gasteiger partial charge on any atom is -0.314 e. The fraction of sp³-hybridized carbons (Fsp3) is 1.00. The van der Waals surface area contributed by atoms with E-state index in [1.165, 1.54) is 4.90 Å². The third-order valence-electron chi connectivity index (χ3n) is 3.86. The summed E-state index contributed by atoms with van der Waals surface area (Å²) in [6, 6.07) is 0.385. The van der Waals surface area contributed by atoms with E-state index in [1.54, 1.807) is 0 Å². The molecule has 0 radical (unpaired) electrons. The van der Waals surface area contributed by atoms with Gasteiger partial charge in [0.15, 0.2) is 0 Å². The quantitative estimate of drug-likeness (QED) is 0.823. The second kappa shape index (κ2) is 6.75. The highest BCUT2D eigenvalue weighted by molar-refractivity contribution is 4.79. The third kappa shape index (κ3) is 6.05. The summed E-state index contributed by atoms with van der Waals surface area (Å²) in [6.45, 7) is 7.89. The zero-order valence-electron chi connectivity index (χ0n) is 11.6. The molecule has 1 aliphatic heterocycles. The largest absolute Gasteiger partial charge is 0.401 e. The summed E-state index contributed by atoms with van der Waals surface area (Å²) in [6.07, 6.45) is -2.42. The first-order valence-corrected chi connectivity index (χ1v) is 6.80. The van der Waals surface area contributed by atoms with E-state index in [4.69, 9.17) is 0 Å². The molecule has 0 spiro atoms. The molecule has 1 N–H and O–H groups in total. The molecule has 0 aromatic rings. The van der Waals surface area contributed by atoms with Crippen LogP contribution >= 0.6 is 0 Å². The summed E-state index contributed by atoms with van der Waals surface area (Å²) in [4.78, 5) is 1.50. The maximum absolute atomic E-state index is 12.2. The van der Waals surface area contributed by atoms with Gasteiger partial charge in [0.25, 0.3) is 0 Å². The molecule has 1 unspecified atom stereocenters. The second-order valence-electron chi connectivity index (χ2n) is 5.80. The van der Waals surface area contributed by atoms with Gasteiger partial charge >= 0.3 is 6.18 Å². The average molecular weight is 266 g/mol. The minimum atomic E-state index is -4.06. The Bertz CT molecular complexity index is 233. The van der Waals surface area contributed by atoms with E-state index < -0.39 is 12.7 Å². The lowest BCUT2D eigenvalue weighted by Gasteiger charge is -2.33. The van der Waals surface area contributed by atoms with E-state index in [0.29, 0.717) is 31.0 Å². The van der Waals surface area contributed by atoms with Crippen LogP contribution in [0.1, 0.15) is 33.6 Å².